The van der Waals surface area contributed by atoms with Crippen LogP contribution in [-0.4, -0.2) is 25.5 Å². The van der Waals surface area contributed by atoms with Crippen LogP contribution in [0.3, 0.4) is 0 Å². The average Bonchev–Trinajstić information content (AvgIpc) is 2.72. The van der Waals surface area contributed by atoms with E-state index in [1.807, 2.05) is 24.3 Å². The van der Waals surface area contributed by atoms with E-state index in [4.69, 9.17) is 9.47 Å². The summed E-state index contributed by atoms with van der Waals surface area (Å²) in [5.41, 5.74) is 3.59. The van der Waals surface area contributed by atoms with E-state index in [9.17, 15) is 4.79 Å². The normalized spacial score (nSPS) is 28.2. The van der Waals surface area contributed by atoms with E-state index in [0.717, 1.165) is 42.9 Å². The SMILES string of the molecule is COc1c(OCc2ccccc2)ccc2c1C13CCNC(C2)C1CCC(=O)C3. The second-order valence-corrected chi connectivity index (χ2v) is 8.44. The summed E-state index contributed by atoms with van der Waals surface area (Å²) in [4.78, 5) is 12.5. The van der Waals surface area contributed by atoms with E-state index in [1.165, 1.54) is 11.1 Å². The zero-order chi connectivity index (χ0) is 19.1. The Morgan fingerprint density at radius 1 is 1.18 bits per heavy atom. The highest BCUT2D eigenvalue weighted by Crippen LogP contribution is 2.57. The molecule has 28 heavy (non-hydrogen) atoms. The molecule has 2 aromatic carbocycles. The molecule has 0 aromatic heterocycles. The molecule has 0 amide bonds. The van der Waals surface area contributed by atoms with Crippen LogP contribution >= 0.6 is 0 Å². The van der Waals surface area contributed by atoms with Gasteiger partial charge in [-0.15, -0.1) is 0 Å². The fourth-order valence-electron chi connectivity index (χ4n) is 5.87. The number of benzene rings is 2. The molecule has 4 heteroatoms. The minimum Gasteiger partial charge on any atom is -0.493 e. The summed E-state index contributed by atoms with van der Waals surface area (Å²) in [5.74, 6) is 2.52. The second-order valence-electron chi connectivity index (χ2n) is 8.44. The van der Waals surface area contributed by atoms with Crippen LogP contribution in [0.4, 0.5) is 0 Å². The summed E-state index contributed by atoms with van der Waals surface area (Å²) in [6.07, 6.45) is 4.33. The number of carbonyl (C=O) groups excluding carboxylic acids is 1. The number of nitrogens with one attached hydrogen (secondary N) is 1. The first-order valence-corrected chi connectivity index (χ1v) is 10.3. The van der Waals surface area contributed by atoms with Crippen molar-refractivity contribution in [3.05, 3.63) is 59.2 Å². The summed E-state index contributed by atoms with van der Waals surface area (Å²) in [7, 11) is 1.73. The maximum absolute atomic E-state index is 12.5. The molecule has 4 nitrogen and oxygen atoms in total. The van der Waals surface area contributed by atoms with Gasteiger partial charge in [-0.1, -0.05) is 36.4 Å². The van der Waals surface area contributed by atoms with Gasteiger partial charge >= 0.3 is 0 Å². The van der Waals surface area contributed by atoms with Crippen molar-refractivity contribution in [1.82, 2.24) is 5.32 Å². The Bertz CT molecular complexity index is 894. The molecule has 1 aliphatic heterocycles. The number of fused-ring (bicyclic) bond motifs is 1. The predicted octanol–water partition coefficient (Wildman–Crippen LogP) is 3.80. The van der Waals surface area contributed by atoms with Crippen LogP contribution in [0.5, 0.6) is 11.5 Å². The van der Waals surface area contributed by atoms with Gasteiger partial charge in [-0.05, 0) is 48.9 Å². The molecule has 1 saturated heterocycles. The Labute approximate surface area is 166 Å². The molecule has 0 radical (unpaired) electrons. The highest BCUT2D eigenvalue weighted by molar-refractivity contribution is 5.82. The van der Waals surface area contributed by atoms with Crippen LogP contribution in [-0.2, 0) is 23.2 Å². The van der Waals surface area contributed by atoms with E-state index in [2.05, 4.69) is 23.5 Å². The van der Waals surface area contributed by atoms with Crippen molar-refractivity contribution in [2.24, 2.45) is 5.92 Å². The molecule has 1 N–H and O–H groups in total. The molecule has 2 aliphatic carbocycles. The smallest absolute Gasteiger partial charge is 0.164 e. The Balaban J connectivity index is 1.57. The van der Waals surface area contributed by atoms with E-state index in [1.54, 1.807) is 7.11 Å². The highest BCUT2D eigenvalue weighted by Gasteiger charge is 2.55. The molecule has 2 fully saturated rings. The van der Waals surface area contributed by atoms with Gasteiger partial charge in [0.1, 0.15) is 12.4 Å². The van der Waals surface area contributed by atoms with Gasteiger partial charge in [-0.25, -0.2) is 0 Å². The van der Waals surface area contributed by atoms with Crippen LogP contribution in [0.2, 0.25) is 0 Å². The maximum Gasteiger partial charge on any atom is 0.164 e. The molecule has 2 aromatic rings. The number of rotatable bonds is 4. The number of hydrogen-bond acceptors (Lipinski definition) is 4. The van der Waals surface area contributed by atoms with Crippen molar-refractivity contribution >= 4 is 5.78 Å². The molecule has 5 rings (SSSR count). The Morgan fingerprint density at radius 3 is 2.86 bits per heavy atom. The minimum absolute atomic E-state index is 0.101. The van der Waals surface area contributed by atoms with Gasteiger partial charge in [-0.3, -0.25) is 4.79 Å². The number of carbonyl (C=O) groups is 1. The van der Waals surface area contributed by atoms with Gasteiger partial charge in [0.25, 0.3) is 0 Å². The summed E-state index contributed by atoms with van der Waals surface area (Å²) >= 11 is 0. The zero-order valence-electron chi connectivity index (χ0n) is 16.4. The lowest BCUT2D eigenvalue weighted by Gasteiger charge is -2.55. The molecule has 3 atom stereocenters. The van der Waals surface area contributed by atoms with Gasteiger partial charge in [0.15, 0.2) is 11.5 Å². The second kappa shape index (κ2) is 6.93. The largest absolute Gasteiger partial charge is 0.493 e. The standard InChI is InChI=1S/C24H27NO3/c1-27-23-21(28-15-16-5-3-2-4-6-16)10-7-17-13-20-19-9-8-18(26)14-24(19,22(17)23)11-12-25-20/h2-7,10,19-20,25H,8-9,11-15H2,1H3. The summed E-state index contributed by atoms with van der Waals surface area (Å²) < 4.78 is 12.1. The highest BCUT2D eigenvalue weighted by atomic mass is 16.5. The maximum atomic E-state index is 12.5. The monoisotopic (exact) mass is 377 g/mol. The number of methoxy groups -OCH3 is 1. The van der Waals surface area contributed by atoms with Crippen LogP contribution in [0, 0.1) is 5.92 Å². The Morgan fingerprint density at radius 2 is 2.04 bits per heavy atom. The summed E-state index contributed by atoms with van der Waals surface area (Å²) in [6.45, 7) is 1.47. The van der Waals surface area contributed by atoms with Crippen molar-refractivity contribution in [2.75, 3.05) is 13.7 Å². The van der Waals surface area contributed by atoms with Crippen LogP contribution in [0.15, 0.2) is 42.5 Å². The van der Waals surface area contributed by atoms with Crippen molar-refractivity contribution in [3.8, 4) is 11.5 Å². The lowest BCUT2D eigenvalue weighted by Crippen LogP contribution is -2.60. The number of piperidine rings is 1. The average molecular weight is 377 g/mol. The van der Waals surface area contributed by atoms with Crippen LogP contribution in [0.1, 0.15) is 42.4 Å². The molecule has 1 heterocycles. The zero-order valence-corrected chi connectivity index (χ0v) is 16.4. The topological polar surface area (TPSA) is 47.6 Å². The molecule has 2 bridgehead atoms. The van der Waals surface area contributed by atoms with Gasteiger partial charge in [-0.2, -0.15) is 0 Å². The van der Waals surface area contributed by atoms with Crippen molar-refractivity contribution in [3.63, 3.8) is 0 Å². The summed E-state index contributed by atoms with van der Waals surface area (Å²) in [6, 6.07) is 14.9. The van der Waals surface area contributed by atoms with Gasteiger partial charge in [0.2, 0.25) is 0 Å². The molecule has 146 valence electrons. The van der Waals surface area contributed by atoms with E-state index < -0.39 is 0 Å². The molecule has 3 aliphatic rings. The van der Waals surface area contributed by atoms with Crippen LogP contribution < -0.4 is 14.8 Å². The molecular formula is C24H27NO3. The molecule has 1 saturated carbocycles. The predicted molar refractivity (Wildman–Crippen MR) is 108 cm³/mol. The van der Waals surface area contributed by atoms with Gasteiger partial charge in [0.05, 0.1) is 7.11 Å². The molecular weight excluding hydrogens is 350 g/mol. The third-order valence-electron chi connectivity index (χ3n) is 7.01. The first-order chi connectivity index (χ1) is 13.7. The van der Waals surface area contributed by atoms with E-state index >= 15 is 0 Å². The molecule has 0 spiro atoms. The van der Waals surface area contributed by atoms with Crippen LogP contribution in [0.25, 0.3) is 0 Å². The third kappa shape index (κ3) is 2.74. The van der Waals surface area contributed by atoms with Crippen molar-refractivity contribution in [1.29, 1.82) is 0 Å². The minimum atomic E-state index is -0.101. The fraction of sp³-hybridized carbons (Fsp3) is 0.458. The fourth-order valence-corrected chi connectivity index (χ4v) is 5.87. The molecule has 3 unspecified atom stereocenters. The Hall–Kier alpha value is -2.33. The van der Waals surface area contributed by atoms with Gasteiger partial charge < -0.3 is 14.8 Å². The first-order valence-electron chi connectivity index (χ1n) is 10.3. The lowest BCUT2D eigenvalue weighted by molar-refractivity contribution is -0.125. The first kappa shape index (κ1) is 17.7. The third-order valence-corrected chi connectivity index (χ3v) is 7.01. The number of hydrogen-bond donors (Lipinski definition) is 1. The lowest BCUT2D eigenvalue weighted by atomic mass is 9.52. The summed E-state index contributed by atoms with van der Waals surface area (Å²) in [5, 5.41) is 3.72. The number of ether oxygens (including phenoxy) is 2. The van der Waals surface area contributed by atoms with Crippen molar-refractivity contribution < 1.29 is 14.3 Å². The van der Waals surface area contributed by atoms with E-state index in [0.29, 0.717) is 37.2 Å². The van der Waals surface area contributed by atoms with Gasteiger partial charge in [0, 0.05) is 29.9 Å². The van der Waals surface area contributed by atoms with Crippen molar-refractivity contribution in [2.45, 2.75) is 50.2 Å². The Kier molecular flexibility index (Phi) is 4.39. The quantitative estimate of drug-likeness (QED) is 0.880. The number of ketones is 1. The van der Waals surface area contributed by atoms with E-state index in [-0.39, 0.29) is 5.41 Å². The number of Topliss-reactive ketones (excluding diaryl/α,β-unsaturated/α-hetero) is 1.